The van der Waals surface area contributed by atoms with Crippen LogP contribution in [0.2, 0.25) is 5.02 Å². The van der Waals surface area contributed by atoms with Gasteiger partial charge in [0.1, 0.15) is 5.75 Å². The minimum absolute atomic E-state index is 0.0509. The van der Waals surface area contributed by atoms with Crippen molar-refractivity contribution >= 4 is 33.2 Å². The van der Waals surface area contributed by atoms with Crippen molar-refractivity contribution in [3.8, 4) is 5.75 Å². The first kappa shape index (κ1) is 14.5. The lowest BCUT2D eigenvalue weighted by Crippen LogP contribution is -2.50. The normalized spacial score (nSPS) is 21.4. The molecular weight excluding hydrogens is 316 g/mol. The average molecular weight is 331 g/mol. The van der Waals surface area contributed by atoms with E-state index in [2.05, 4.69) is 5.32 Å². The third-order valence-electron chi connectivity index (χ3n) is 3.41. The molecule has 0 saturated heterocycles. The van der Waals surface area contributed by atoms with Gasteiger partial charge in [-0.05, 0) is 31.0 Å². The fourth-order valence-corrected chi connectivity index (χ4v) is 3.27. The largest absolute Gasteiger partial charge is 0.476 e. The van der Waals surface area contributed by atoms with Crippen molar-refractivity contribution in [2.75, 3.05) is 17.1 Å². The number of amides is 1. The van der Waals surface area contributed by atoms with Crippen molar-refractivity contribution in [1.82, 2.24) is 5.32 Å². The number of carbonyl (C=O) groups is 1. The number of ether oxygens (including phenoxy) is 1. The van der Waals surface area contributed by atoms with Crippen LogP contribution in [0.5, 0.6) is 5.75 Å². The monoisotopic (exact) mass is 330 g/mol. The number of nitrogens with one attached hydrogen (secondary N) is 1. The van der Waals surface area contributed by atoms with E-state index in [4.69, 9.17) is 16.3 Å². The van der Waals surface area contributed by atoms with Crippen molar-refractivity contribution < 1.29 is 17.9 Å². The quantitative estimate of drug-likeness (QED) is 0.902. The zero-order valence-electron chi connectivity index (χ0n) is 11.4. The number of halogens is 1. The first-order valence-corrected chi connectivity index (χ1v) is 8.81. The van der Waals surface area contributed by atoms with E-state index in [-0.39, 0.29) is 18.5 Å². The van der Waals surface area contributed by atoms with Gasteiger partial charge in [0.15, 0.2) is 6.10 Å². The van der Waals surface area contributed by atoms with Crippen LogP contribution in [-0.2, 0) is 14.8 Å². The summed E-state index contributed by atoms with van der Waals surface area (Å²) in [6, 6.07) is 4.89. The first-order valence-electron chi connectivity index (χ1n) is 6.59. The topological polar surface area (TPSA) is 75.7 Å². The van der Waals surface area contributed by atoms with E-state index < -0.39 is 16.1 Å². The second-order valence-electron chi connectivity index (χ2n) is 5.30. The van der Waals surface area contributed by atoms with Gasteiger partial charge in [0, 0.05) is 11.1 Å². The second-order valence-corrected chi connectivity index (χ2v) is 7.64. The van der Waals surface area contributed by atoms with E-state index in [1.165, 1.54) is 6.07 Å². The molecule has 114 valence electrons. The van der Waals surface area contributed by atoms with Crippen LogP contribution in [0, 0.1) is 0 Å². The highest BCUT2D eigenvalue weighted by Gasteiger charge is 2.37. The summed E-state index contributed by atoms with van der Waals surface area (Å²) >= 11 is 5.91. The molecule has 1 atom stereocenters. The summed E-state index contributed by atoms with van der Waals surface area (Å²) in [4.78, 5) is 12.1. The number of fused-ring (bicyclic) bond motifs is 1. The Labute approximate surface area is 128 Å². The number of rotatable bonds is 3. The smallest absolute Gasteiger partial charge is 0.263 e. The molecule has 3 rings (SSSR count). The standard InChI is InChI=1S/C13H15ClN2O4S/c1-21(18,19)16-7-12(13(17)15-9-3-4-9)20-11-5-2-8(14)6-10(11)16/h2,5-6,9,12H,3-4,7H2,1H3,(H,15,17)/t12-/m1/s1. The number of anilines is 1. The summed E-state index contributed by atoms with van der Waals surface area (Å²) in [5.41, 5.74) is 0.362. The zero-order chi connectivity index (χ0) is 15.2. The molecular formula is C13H15ClN2O4S. The number of benzene rings is 1. The zero-order valence-corrected chi connectivity index (χ0v) is 12.9. The van der Waals surface area contributed by atoms with Gasteiger partial charge < -0.3 is 10.1 Å². The molecule has 1 heterocycles. The molecule has 2 aliphatic rings. The van der Waals surface area contributed by atoms with E-state index in [9.17, 15) is 13.2 Å². The SMILES string of the molecule is CS(=O)(=O)N1C[C@H](C(=O)NC2CC2)Oc2ccc(Cl)cc21. The van der Waals surface area contributed by atoms with Gasteiger partial charge >= 0.3 is 0 Å². The number of hydrogen-bond acceptors (Lipinski definition) is 4. The van der Waals surface area contributed by atoms with Gasteiger partial charge in [0.25, 0.3) is 5.91 Å². The van der Waals surface area contributed by atoms with Crippen LogP contribution in [0.15, 0.2) is 18.2 Å². The van der Waals surface area contributed by atoms with Crippen molar-refractivity contribution in [2.24, 2.45) is 0 Å². The van der Waals surface area contributed by atoms with Gasteiger partial charge in [-0.15, -0.1) is 0 Å². The Morgan fingerprint density at radius 2 is 2.14 bits per heavy atom. The lowest BCUT2D eigenvalue weighted by atomic mass is 10.2. The molecule has 1 N–H and O–H groups in total. The average Bonchev–Trinajstić information content (AvgIpc) is 3.20. The van der Waals surface area contributed by atoms with Gasteiger partial charge in [-0.2, -0.15) is 0 Å². The van der Waals surface area contributed by atoms with Crippen LogP contribution >= 0.6 is 11.6 Å². The van der Waals surface area contributed by atoms with Crippen LogP contribution < -0.4 is 14.4 Å². The van der Waals surface area contributed by atoms with E-state index in [1.54, 1.807) is 12.1 Å². The molecule has 0 radical (unpaired) electrons. The molecule has 0 aromatic heterocycles. The van der Waals surface area contributed by atoms with E-state index in [0.717, 1.165) is 23.4 Å². The third kappa shape index (κ3) is 3.08. The van der Waals surface area contributed by atoms with E-state index in [0.29, 0.717) is 16.5 Å². The van der Waals surface area contributed by atoms with Crippen LogP contribution in [-0.4, -0.2) is 39.3 Å². The third-order valence-corrected chi connectivity index (χ3v) is 4.79. The molecule has 1 aromatic carbocycles. The Morgan fingerprint density at radius 3 is 2.76 bits per heavy atom. The van der Waals surface area contributed by atoms with Crippen LogP contribution in [0.25, 0.3) is 0 Å². The summed E-state index contributed by atoms with van der Waals surface area (Å²) in [7, 11) is -3.52. The highest BCUT2D eigenvalue weighted by Crippen LogP contribution is 2.37. The minimum Gasteiger partial charge on any atom is -0.476 e. The molecule has 1 fully saturated rings. The molecule has 0 bridgehead atoms. The van der Waals surface area contributed by atoms with Gasteiger partial charge in [0.05, 0.1) is 18.5 Å². The van der Waals surface area contributed by atoms with Crippen molar-refractivity contribution in [3.05, 3.63) is 23.2 Å². The molecule has 21 heavy (non-hydrogen) atoms. The maximum atomic E-state index is 12.1. The summed E-state index contributed by atoms with van der Waals surface area (Å²) < 4.78 is 30.7. The molecule has 6 nitrogen and oxygen atoms in total. The number of carbonyl (C=O) groups excluding carboxylic acids is 1. The van der Waals surface area contributed by atoms with Gasteiger partial charge in [-0.1, -0.05) is 11.6 Å². The number of sulfonamides is 1. The Hall–Kier alpha value is -1.47. The lowest BCUT2D eigenvalue weighted by Gasteiger charge is -2.34. The van der Waals surface area contributed by atoms with Crippen molar-refractivity contribution in [3.63, 3.8) is 0 Å². The molecule has 0 spiro atoms. The highest BCUT2D eigenvalue weighted by atomic mass is 35.5. The fraction of sp³-hybridized carbons (Fsp3) is 0.462. The number of nitrogens with zero attached hydrogens (tertiary/aromatic N) is 1. The molecule has 1 aliphatic heterocycles. The summed E-state index contributed by atoms with van der Waals surface area (Å²) in [6.07, 6.45) is 2.16. The maximum Gasteiger partial charge on any atom is 0.263 e. The fourth-order valence-electron chi connectivity index (χ4n) is 2.20. The lowest BCUT2D eigenvalue weighted by molar-refractivity contribution is -0.127. The Kier molecular flexibility index (Phi) is 3.49. The van der Waals surface area contributed by atoms with E-state index >= 15 is 0 Å². The summed E-state index contributed by atoms with van der Waals surface area (Å²) in [5.74, 6) is 0.0544. The number of hydrogen-bond donors (Lipinski definition) is 1. The Morgan fingerprint density at radius 1 is 1.43 bits per heavy atom. The van der Waals surface area contributed by atoms with Crippen LogP contribution in [0.1, 0.15) is 12.8 Å². The maximum absolute atomic E-state index is 12.1. The van der Waals surface area contributed by atoms with Gasteiger partial charge in [-0.25, -0.2) is 8.42 Å². The predicted molar refractivity (Wildman–Crippen MR) is 79.2 cm³/mol. The van der Waals surface area contributed by atoms with E-state index in [1.807, 2.05) is 0 Å². The summed E-state index contributed by atoms with van der Waals surface area (Å²) in [5, 5.41) is 3.24. The first-order chi connectivity index (χ1) is 9.84. The molecule has 1 amide bonds. The van der Waals surface area contributed by atoms with Gasteiger partial charge in [0.2, 0.25) is 10.0 Å². The Bertz CT molecular complexity index is 687. The molecule has 8 heteroatoms. The van der Waals surface area contributed by atoms with Crippen LogP contribution in [0.3, 0.4) is 0 Å². The van der Waals surface area contributed by atoms with Crippen molar-refractivity contribution in [2.45, 2.75) is 25.0 Å². The highest BCUT2D eigenvalue weighted by molar-refractivity contribution is 7.92. The second kappa shape index (κ2) is 5.06. The van der Waals surface area contributed by atoms with Gasteiger partial charge in [-0.3, -0.25) is 9.10 Å². The van der Waals surface area contributed by atoms with Crippen LogP contribution in [0.4, 0.5) is 5.69 Å². The molecule has 1 aliphatic carbocycles. The molecule has 0 unspecified atom stereocenters. The minimum atomic E-state index is -3.52. The predicted octanol–water partition coefficient (Wildman–Crippen LogP) is 1.15. The molecule has 1 aromatic rings. The van der Waals surface area contributed by atoms with Crippen molar-refractivity contribution in [1.29, 1.82) is 0 Å². The molecule has 1 saturated carbocycles. The Balaban J connectivity index is 1.92. The summed E-state index contributed by atoms with van der Waals surface area (Å²) in [6.45, 7) is -0.0509.